The largest absolute Gasteiger partial charge is 0.326 e. The number of hydrogen-bond acceptors (Lipinski definition) is 3. The number of aromatic nitrogens is 2. The lowest BCUT2D eigenvalue weighted by atomic mass is 9.88. The van der Waals surface area contributed by atoms with Gasteiger partial charge in [0.15, 0.2) is 0 Å². The van der Waals surface area contributed by atoms with Crippen molar-refractivity contribution in [3.63, 3.8) is 0 Å². The van der Waals surface area contributed by atoms with Gasteiger partial charge in [-0.15, -0.1) is 0 Å². The van der Waals surface area contributed by atoms with E-state index in [4.69, 9.17) is 4.98 Å². The predicted molar refractivity (Wildman–Crippen MR) is 112 cm³/mol. The highest BCUT2D eigenvalue weighted by molar-refractivity contribution is 5.94. The van der Waals surface area contributed by atoms with E-state index in [-0.39, 0.29) is 11.8 Å². The van der Waals surface area contributed by atoms with E-state index in [1.807, 2.05) is 6.07 Å². The van der Waals surface area contributed by atoms with Crippen molar-refractivity contribution in [1.82, 2.24) is 14.5 Å². The monoisotopic (exact) mass is 380 g/mol. The predicted octanol–water partition coefficient (Wildman–Crippen LogP) is 4.70. The van der Waals surface area contributed by atoms with E-state index < -0.39 is 0 Å². The molecule has 0 bridgehead atoms. The highest BCUT2D eigenvalue weighted by atomic mass is 16.1. The molecule has 0 radical (unpaired) electrons. The molecule has 5 rings (SSSR count). The molecule has 2 fully saturated rings. The van der Waals surface area contributed by atoms with Gasteiger partial charge in [0.25, 0.3) is 0 Å². The van der Waals surface area contributed by atoms with E-state index in [0.29, 0.717) is 0 Å². The topological polar surface area (TPSA) is 50.2 Å². The fourth-order valence-electron chi connectivity index (χ4n) is 5.48. The first kappa shape index (κ1) is 18.2. The van der Waals surface area contributed by atoms with Crippen LogP contribution in [-0.2, 0) is 17.9 Å². The van der Waals surface area contributed by atoms with E-state index in [2.05, 4.69) is 26.9 Å². The Morgan fingerprint density at radius 3 is 2.50 bits per heavy atom. The number of amides is 1. The molecule has 0 atom stereocenters. The summed E-state index contributed by atoms with van der Waals surface area (Å²) in [5.74, 6) is 1.55. The summed E-state index contributed by atoms with van der Waals surface area (Å²) >= 11 is 0. The Hall–Kier alpha value is -1.88. The zero-order chi connectivity index (χ0) is 18.9. The Bertz CT molecular complexity index is 846. The molecule has 150 valence electrons. The van der Waals surface area contributed by atoms with E-state index in [0.717, 1.165) is 49.7 Å². The number of nitrogens with one attached hydrogen (secondary N) is 1. The molecular weight excluding hydrogens is 348 g/mol. The van der Waals surface area contributed by atoms with Crippen molar-refractivity contribution in [3.05, 3.63) is 24.0 Å². The highest BCUT2D eigenvalue weighted by Gasteiger charge is 2.27. The first-order chi connectivity index (χ1) is 13.8. The maximum absolute atomic E-state index is 12.6. The highest BCUT2D eigenvalue weighted by Crippen LogP contribution is 2.29. The lowest BCUT2D eigenvalue weighted by Gasteiger charge is -2.36. The van der Waals surface area contributed by atoms with Gasteiger partial charge in [0, 0.05) is 30.7 Å². The van der Waals surface area contributed by atoms with Crippen molar-refractivity contribution in [3.8, 4) is 0 Å². The van der Waals surface area contributed by atoms with Crippen molar-refractivity contribution in [2.45, 2.75) is 83.3 Å². The second kappa shape index (κ2) is 7.86. The normalized spacial score (nSPS) is 22.3. The van der Waals surface area contributed by atoms with Crippen LogP contribution in [0.3, 0.4) is 0 Å². The molecule has 0 saturated heterocycles. The molecule has 1 amide bonds. The van der Waals surface area contributed by atoms with Crippen LogP contribution in [0.2, 0.25) is 0 Å². The lowest BCUT2D eigenvalue weighted by molar-refractivity contribution is -0.120. The lowest BCUT2D eigenvalue weighted by Crippen LogP contribution is -2.42. The number of carbonyl (C=O) groups is 1. The van der Waals surface area contributed by atoms with Crippen LogP contribution in [0.5, 0.6) is 0 Å². The third-order valence-electron chi connectivity index (χ3n) is 7.12. The van der Waals surface area contributed by atoms with Crippen molar-refractivity contribution in [2.75, 3.05) is 11.9 Å². The van der Waals surface area contributed by atoms with Crippen molar-refractivity contribution in [1.29, 1.82) is 0 Å². The molecule has 0 spiro atoms. The Balaban J connectivity index is 1.32. The Morgan fingerprint density at radius 2 is 1.71 bits per heavy atom. The molecule has 1 aromatic carbocycles. The fourth-order valence-corrected chi connectivity index (χ4v) is 5.48. The Morgan fingerprint density at radius 1 is 0.964 bits per heavy atom. The summed E-state index contributed by atoms with van der Waals surface area (Å²) in [6.07, 6.45) is 12.5. The molecule has 5 nitrogen and oxygen atoms in total. The summed E-state index contributed by atoms with van der Waals surface area (Å²) in [5.41, 5.74) is 3.11. The van der Waals surface area contributed by atoms with Gasteiger partial charge in [0.05, 0.1) is 17.6 Å². The molecule has 1 aliphatic heterocycles. The second-order valence-electron chi connectivity index (χ2n) is 8.97. The molecule has 1 aromatic heterocycles. The maximum Gasteiger partial charge on any atom is 0.227 e. The minimum Gasteiger partial charge on any atom is -0.326 e. The summed E-state index contributed by atoms with van der Waals surface area (Å²) < 4.78 is 2.38. The average molecular weight is 381 g/mol. The van der Waals surface area contributed by atoms with Crippen molar-refractivity contribution < 1.29 is 4.79 Å². The summed E-state index contributed by atoms with van der Waals surface area (Å²) in [4.78, 5) is 20.2. The SMILES string of the molecule is O=C(Nc1ccc2c(c1)nc1n2CCN(C2CCCCC2)C1)C1CCCCC1. The van der Waals surface area contributed by atoms with Gasteiger partial charge in [-0.05, 0) is 43.9 Å². The van der Waals surface area contributed by atoms with Gasteiger partial charge in [0.2, 0.25) is 5.91 Å². The Kier molecular flexibility index (Phi) is 5.10. The smallest absolute Gasteiger partial charge is 0.227 e. The number of carbonyl (C=O) groups excluding carboxylic acids is 1. The summed E-state index contributed by atoms with van der Waals surface area (Å²) in [5, 5.41) is 3.15. The van der Waals surface area contributed by atoms with Crippen molar-refractivity contribution >= 4 is 22.6 Å². The molecule has 1 N–H and O–H groups in total. The summed E-state index contributed by atoms with van der Waals surface area (Å²) in [7, 11) is 0. The maximum atomic E-state index is 12.6. The zero-order valence-electron chi connectivity index (χ0n) is 16.8. The molecule has 3 aliphatic rings. The minimum atomic E-state index is 0.184. The van der Waals surface area contributed by atoms with E-state index in [1.165, 1.54) is 62.7 Å². The first-order valence-corrected chi connectivity index (χ1v) is 11.3. The van der Waals surface area contributed by atoms with Crippen LogP contribution in [0.4, 0.5) is 5.69 Å². The number of nitrogens with zero attached hydrogens (tertiary/aromatic N) is 3. The standard InChI is InChI=1S/C23H32N4O/c28-23(17-7-3-1-4-8-17)24-18-11-12-21-20(15-18)25-22-16-26(13-14-27(21)22)19-9-5-2-6-10-19/h11-12,15,17,19H,1-10,13-14,16H2,(H,24,28). The number of anilines is 1. The zero-order valence-corrected chi connectivity index (χ0v) is 16.8. The number of imidazole rings is 1. The summed E-state index contributed by atoms with van der Waals surface area (Å²) in [6.45, 7) is 3.11. The molecule has 0 unspecified atom stereocenters. The van der Waals surface area contributed by atoms with Gasteiger partial charge in [-0.1, -0.05) is 38.5 Å². The van der Waals surface area contributed by atoms with Crippen LogP contribution in [0, 0.1) is 5.92 Å². The quantitative estimate of drug-likeness (QED) is 0.839. The molecule has 2 aliphatic carbocycles. The van der Waals surface area contributed by atoms with Crippen LogP contribution in [0.1, 0.15) is 70.0 Å². The van der Waals surface area contributed by atoms with Gasteiger partial charge in [-0.2, -0.15) is 0 Å². The van der Waals surface area contributed by atoms with Gasteiger partial charge in [-0.25, -0.2) is 4.98 Å². The average Bonchev–Trinajstić information content (AvgIpc) is 3.12. The molecule has 5 heteroatoms. The molecule has 2 heterocycles. The molecule has 2 saturated carbocycles. The van der Waals surface area contributed by atoms with E-state index in [1.54, 1.807) is 0 Å². The first-order valence-electron chi connectivity index (χ1n) is 11.3. The number of rotatable bonds is 3. The Labute approximate surface area is 167 Å². The third kappa shape index (κ3) is 3.57. The minimum absolute atomic E-state index is 0.184. The number of benzene rings is 1. The van der Waals surface area contributed by atoms with E-state index in [9.17, 15) is 4.79 Å². The van der Waals surface area contributed by atoms with E-state index >= 15 is 0 Å². The van der Waals surface area contributed by atoms with Gasteiger partial charge in [-0.3, -0.25) is 9.69 Å². The molecule has 2 aromatic rings. The fraction of sp³-hybridized carbons (Fsp3) is 0.652. The molecule has 28 heavy (non-hydrogen) atoms. The third-order valence-corrected chi connectivity index (χ3v) is 7.12. The van der Waals surface area contributed by atoms with Gasteiger partial charge >= 0.3 is 0 Å². The van der Waals surface area contributed by atoms with Crippen LogP contribution in [0.15, 0.2) is 18.2 Å². The second-order valence-corrected chi connectivity index (χ2v) is 8.97. The van der Waals surface area contributed by atoms with Crippen LogP contribution < -0.4 is 5.32 Å². The number of fused-ring (bicyclic) bond motifs is 3. The molecular formula is C23H32N4O. The van der Waals surface area contributed by atoms with Crippen LogP contribution >= 0.6 is 0 Å². The van der Waals surface area contributed by atoms with Crippen molar-refractivity contribution in [2.24, 2.45) is 5.92 Å². The number of hydrogen-bond donors (Lipinski definition) is 1. The van der Waals surface area contributed by atoms with Crippen LogP contribution in [-0.4, -0.2) is 32.9 Å². The van der Waals surface area contributed by atoms with Gasteiger partial charge in [0.1, 0.15) is 5.82 Å². The summed E-state index contributed by atoms with van der Waals surface area (Å²) in [6, 6.07) is 6.99. The van der Waals surface area contributed by atoms with Crippen LogP contribution in [0.25, 0.3) is 11.0 Å². The van der Waals surface area contributed by atoms with Gasteiger partial charge < -0.3 is 9.88 Å².